The van der Waals surface area contributed by atoms with Gasteiger partial charge in [-0.25, -0.2) is 5.43 Å². The summed E-state index contributed by atoms with van der Waals surface area (Å²) >= 11 is 2.37. The van der Waals surface area contributed by atoms with Crippen molar-refractivity contribution < 1.29 is 0 Å². The number of alkyl halides is 1. The fraction of sp³-hybridized carbons (Fsp3) is 1.00. The quantitative estimate of drug-likeness (QED) is 0.380. The van der Waals surface area contributed by atoms with Crippen LogP contribution in [0.4, 0.5) is 0 Å². The smallest absolute Gasteiger partial charge is 0.0742 e. The molecule has 0 spiro atoms. The van der Waals surface area contributed by atoms with Crippen LogP contribution in [0, 0.1) is 0 Å². The van der Waals surface area contributed by atoms with Gasteiger partial charge in [-0.15, -0.1) is 12.4 Å². The Kier molecular flexibility index (Phi) is 4.33. The van der Waals surface area contributed by atoms with Crippen molar-refractivity contribution in [1.29, 1.82) is 0 Å². The summed E-state index contributed by atoms with van der Waals surface area (Å²) in [6.07, 6.45) is 1.24. The highest BCUT2D eigenvalue weighted by atomic mass is 127. The van der Waals surface area contributed by atoms with Crippen LogP contribution < -0.4 is 10.9 Å². The molecule has 8 heavy (non-hydrogen) atoms. The maximum absolute atomic E-state index is 3.11. The molecular weight excluding hydrogens is 238 g/mol. The summed E-state index contributed by atoms with van der Waals surface area (Å²) in [5.41, 5.74) is 6.22. The molecule has 0 aromatic heterocycles. The van der Waals surface area contributed by atoms with Crippen LogP contribution in [0.5, 0.6) is 0 Å². The van der Waals surface area contributed by atoms with Gasteiger partial charge < -0.3 is 0 Å². The Morgan fingerprint density at radius 3 is 2.25 bits per heavy atom. The van der Waals surface area contributed by atoms with Crippen molar-refractivity contribution in [3.8, 4) is 0 Å². The molecule has 2 unspecified atom stereocenters. The molecule has 1 saturated heterocycles. The average Bonchev–Trinajstić information content (AvgIpc) is 1.87. The van der Waals surface area contributed by atoms with Gasteiger partial charge in [0.2, 0.25) is 0 Å². The second-order valence-electron chi connectivity index (χ2n) is 1.89. The third-order valence-electron chi connectivity index (χ3n) is 1.05. The van der Waals surface area contributed by atoms with Gasteiger partial charge in [0.15, 0.2) is 0 Å². The largest absolute Gasteiger partial charge is 0.254 e. The van der Waals surface area contributed by atoms with E-state index in [4.69, 9.17) is 0 Å². The first-order chi connectivity index (χ1) is 3.29. The molecule has 2 nitrogen and oxygen atoms in total. The van der Waals surface area contributed by atoms with Crippen molar-refractivity contribution in [2.45, 2.75) is 23.4 Å². The lowest BCUT2D eigenvalue weighted by Crippen LogP contribution is -2.29. The Bertz CT molecular complexity index is 63.1. The molecule has 0 saturated carbocycles. The maximum Gasteiger partial charge on any atom is 0.0742 e. The molecule has 0 aliphatic carbocycles. The minimum Gasteiger partial charge on any atom is -0.254 e. The molecule has 1 rings (SSSR count). The van der Waals surface area contributed by atoms with Crippen LogP contribution in [0.3, 0.4) is 0 Å². The second-order valence-corrected chi connectivity index (χ2v) is 3.40. The summed E-state index contributed by atoms with van der Waals surface area (Å²) in [7, 11) is 0. The van der Waals surface area contributed by atoms with Crippen LogP contribution in [0.1, 0.15) is 13.3 Å². The van der Waals surface area contributed by atoms with Gasteiger partial charge in [0, 0.05) is 6.04 Å². The van der Waals surface area contributed by atoms with Gasteiger partial charge in [-0.1, -0.05) is 22.6 Å². The summed E-state index contributed by atoms with van der Waals surface area (Å²) < 4.78 is 0.632. The molecule has 2 N–H and O–H groups in total. The fourth-order valence-corrected chi connectivity index (χ4v) is 1.60. The SMILES string of the molecule is CC1CC(I)NN1.Cl. The first-order valence-corrected chi connectivity index (χ1v) is 3.69. The van der Waals surface area contributed by atoms with Crippen molar-refractivity contribution in [2.75, 3.05) is 0 Å². The Morgan fingerprint density at radius 2 is 2.12 bits per heavy atom. The van der Waals surface area contributed by atoms with E-state index >= 15 is 0 Å². The van der Waals surface area contributed by atoms with Crippen molar-refractivity contribution in [1.82, 2.24) is 10.9 Å². The fourth-order valence-electron chi connectivity index (χ4n) is 0.661. The topological polar surface area (TPSA) is 24.1 Å². The maximum atomic E-state index is 3.11. The van der Waals surface area contributed by atoms with Gasteiger partial charge in [0.05, 0.1) is 4.05 Å². The van der Waals surface area contributed by atoms with E-state index in [1.807, 2.05) is 0 Å². The molecule has 0 amide bonds. The van der Waals surface area contributed by atoms with E-state index < -0.39 is 0 Å². The number of halogens is 2. The lowest BCUT2D eigenvalue weighted by Gasteiger charge is -1.94. The first-order valence-electron chi connectivity index (χ1n) is 2.44. The van der Waals surface area contributed by atoms with Crippen molar-refractivity contribution in [3.05, 3.63) is 0 Å². The van der Waals surface area contributed by atoms with E-state index in [0.717, 1.165) is 0 Å². The molecule has 0 bridgehead atoms. The monoisotopic (exact) mass is 248 g/mol. The van der Waals surface area contributed by atoms with Crippen LogP contribution in [0.25, 0.3) is 0 Å². The molecule has 0 radical (unpaired) electrons. The number of hydrogen-bond donors (Lipinski definition) is 2. The van der Waals surface area contributed by atoms with E-state index in [0.29, 0.717) is 10.1 Å². The van der Waals surface area contributed by atoms with Gasteiger partial charge in [0.1, 0.15) is 0 Å². The zero-order chi connectivity index (χ0) is 5.28. The molecule has 1 aliphatic heterocycles. The normalized spacial score (nSPS) is 36.8. The van der Waals surface area contributed by atoms with Crippen molar-refractivity contribution in [2.24, 2.45) is 0 Å². The van der Waals surface area contributed by atoms with Crippen molar-refractivity contribution in [3.63, 3.8) is 0 Å². The van der Waals surface area contributed by atoms with Crippen LogP contribution in [-0.4, -0.2) is 10.1 Å². The third-order valence-corrected chi connectivity index (χ3v) is 1.87. The Hall–Kier alpha value is 0.940. The molecule has 0 aromatic carbocycles. The number of hydrogen-bond acceptors (Lipinski definition) is 2. The van der Waals surface area contributed by atoms with Crippen LogP contribution in [0.2, 0.25) is 0 Å². The van der Waals surface area contributed by atoms with Gasteiger partial charge in [-0.3, -0.25) is 5.43 Å². The molecule has 0 aromatic rings. The van der Waals surface area contributed by atoms with E-state index in [9.17, 15) is 0 Å². The Balaban J connectivity index is 0.000000490. The Labute approximate surface area is 69.3 Å². The predicted molar refractivity (Wildman–Crippen MR) is 45.4 cm³/mol. The summed E-state index contributed by atoms with van der Waals surface area (Å²) in [6, 6.07) is 0.655. The molecule has 4 heteroatoms. The zero-order valence-electron chi connectivity index (χ0n) is 4.65. The van der Waals surface area contributed by atoms with E-state index in [1.165, 1.54) is 6.42 Å². The molecular formula is C4H10ClIN2. The second kappa shape index (κ2) is 3.87. The number of hydrazine groups is 1. The minimum absolute atomic E-state index is 0. The van der Waals surface area contributed by atoms with Gasteiger partial charge in [0.25, 0.3) is 0 Å². The highest BCUT2D eigenvalue weighted by Gasteiger charge is 2.15. The highest BCUT2D eigenvalue weighted by molar-refractivity contribution is 14.1. The van der Waals surface area contributed by atoms with Crippen LogP contribution >= 0.6 is 35.0 Å². The van der Waals surface area contributed by atoms with Crippen LogP contribution in [-0.2, 0) is 0 Å². The molecule has 50 valence electrons. The van der Waals surface area contributed by atoms with E-state index in [-0.39, 0.29) is 12.4 Å². The molecule has 1 aliphatic rings. The Morgan fingerprint density at radius 1 is 1.50 bits per heavy atom. The summed E-state index contributed by atoms with van der Waals surface area (Å²) in [5.74, 6) is 0. The lowest BCUT2D eigenvalue weighted by atomic mass is 10.3. The van der Waals surface area contributed by atoms with Crippen molar-refractivity contribution >= 4 is 35.0 Å². The van der Waals surface area contributed by atoms with Gasteiger partial charge in [-0.05, 0) is 13.3 Å². The standard InChI is InChI=1S/C4H9IN2.ClH/c1-3-2-4(5)7-6-3;/h3-4,6-7H,2H2,1H3;1H. The predicted octanol–water partition coefficient (Wildman–Crippen LogP) is 1.06. The third kappa shape index (κ3) is 2.48. The summed E-state index contributed by atoms with van der Waals surface area (Å²) in [6.45, 7) is 2.17. The van der Waals surface area contributed by atoms with E-state index in [1.54, 1.807) is 0 Å². The highest BCUT2D eigenvalue weighted by Crippen LogP contribution is 2.08. The number of rotatable bonds is 0. The number of nitrogens with one attached hydrogen (secondary N) is 2. The minimum atomic E-state index is 0. The van der Waals surface area contributed by atoms with E-state index in [2.05, 4.69) is 40.4 Å². The first kappa shape index (κ1) is 8.94. The van der Waals surface area contributed by atoms with Crippen LogP contribution in [0.15, 0.2) is 0 Å². The average molecular weight is 248 g/mol. The van der Waals surface area contributed by atoms with Gasteiger partial charge in [-0.2, -0.15) is 0 Å². The summed E-state index contributed by atoms with van der Waals surface area (Å²) in [4.78, 5) is 0. The van der Waals surface area contributed by atoms with Gasteiger partial charge >= 0.3 is 0 Å². The molecule has 1 heterocycles. The molecule has 1 fully saturated rings. The zero-order valence-corrected chi connectivity index (χ0v) is 7.62. The summed E-state index contributed by atoms with van der Waals surface area (Å²) in [5, 5.41) is 0. The lowest BCUT2D eigenvalue weighted by molar-refractivity contribution is 0.592. The molecule has 2 atom stereocenters.